The van der Waals surface area contributed by atoms with Gasteiger partial charge in [0.15, 0.2) is 0 Å². The van der Waals surface area contributed by atoms with E-state index >= 15 is 0 Å². The van der Waals surface area contributed by atoms with Gasteiger partial charge in [0.25, 0.3) is 10.1 Å². The molecule has 0 fully saturated rings. The summed E-state index contributed by atoms with van der Waals surface area (Å²) in [5.74, 6) is -0.524. The average molecular weight is 480 g/mol. The minimum absolute atomic E-state index is 0.0764. The van der Waals surface area contributed by atoms with E-state index < -0.39 is 40.6 Å². The van der Waals surface area contributed by atoms with Crippen LogP contribution < -0.4 is 4.74 Å². The van der Waals surface area contributed by atoms with E-state index in [0.29, 0.717) is 0 Å². The second kappa shape index (κ2) is 8.47. The molecule has 1 heterocycles. The molecule has 0 unspecified atom stereocenters. The first kappa shape index (κ1) is 23.6. The fourth-order valence-electron chi connectivity index (χ4n) is 2.71. The number of hydrogen-bond donors (Lipinski definition) is 0. The molecular weight excluding hydrogens is 466 g/mol. The van der Waals surface area contributed by atoms with Crippen molar-refractivity contribution >= 4 is 10.1 Å². The minimum atomic E-state index is -4.93. The van der Waals surface area contributed by atoms with E-state index in [2.05, 4.69) is 14.0 Å². The Labute approximate surface area is 178 Å². The zero-order valence-electron chi connectivity index (χ0n) is 16.1. The third-order valence-corrected chi connectivity index (χ3v) is 4.53. The molecule has 172 valence electrons. The Bertz CT molecular complexity index is 1200. The molecule has 0 amide bonds. The first-order chi connectivity index (χ1) is 14.7. The number of rotatable bonds is 6. The molecule has 0 atom stereocenters. The molecular formula is C19H14F6N2O4S. The van der Waals surface area contributed by atoms with E-state index in [1.807, 2.05) is 0 Å². The normalized spacial score (nSPS) is 12.7. The Hall–Kier alpha value is -3.06. The van der Waals surface area contributed by atoms with Crippen LogP contribution >= 0.6 is 0 Å². The van der Waals surface area contributed by atoms with Gasteiger partial charge in [-0.3, -0.25) is 4.18 Å². The fourth-order valence-corrected chi connectivity index (χ4v) is 3.05. The lowest BCUT2D eigenvalue weighted by Gasteiger charge is -2.12. The van der Waals surface area contributed by atoms with Crippen LogP contribution in [0.4, 0.5) is 26.3 Å². The van der Waals surface area contributed by atoms with E-state index in [9.17, 15) is 34.8 Å². The van der Waals surface area contributed by atoms with Gasteiger partial charge >= 0.3 is 12.5 Å². The molecule has 1 aromatic heterocycles. The van der Waals surface area contributed by atoms with Crippen molar-refractivity contribution in [1.82, 2.24) is 9.78 Å². The lowest BCUT2D eigenvalue weighted by molar-refractivity contribution is -0.274. The molecule has 3 rings (SSSR count). The van der Waals surface area contributed by atoms with E-state index in [-0.39, 0.29) is 22.6 Å². The maximum Gasteiger partial charge on any atom is 0.573 e. The SMILES string of the molecule is CS(=O)(=O)OCc1cc(-c2cccc(OC(F)(F)F)c2)n(-c2ccc(C(F)(F)F)cc2)n1. The first-order valence-corrected chi connectivity index (χ1v) is 10.5. The van der Waals surface area contributed by atoms with Crippen LogP contribution in [-0.4, -0.2) is 30.8 Å². The fraction of sp³-hybridized carbons (Fsp3) is 0.211. The van der Waals surface area contributed by atoms with Crippen LogP contribution in [0.15, 0.2) is 54.6 Å². The Morgan fingerprint density at radius 2 is 1.62 bits per heavy atom. The van der Waals surface area contributed by atoms with Crippen molar-refractivity contribution in [2.45, 2.75) is 19.1 Å². The summed E-state index contributed by atoms with van der Waals surface area (Å²) in [7, 11) is -3.82. The number of hydrogen-bond acceptors (Lipinski definition) is 5. The Morgan fingerprint density at radius 3 is 2.19 bits per heavy atom. The molecule has 0 aliphatic carbocycles. The van der Waals surface area contributed by atoms with Crippen molar-refractivity contribution in [2.24, 2.45) is 0 Å². The molecule has 0 aliphatic heterocycles. The first-order valence-electron chi connectivity index (χ1n) is 8.68. The Morgan fingerprint density at radius 1 is 0.969 bits per heavy atom. The number of benzene rings is 2. The van der Waals surface area contributed by atoms with Crippen LogP contribution in [0.5, 0.6) is 5.75 Å². The Kier molecular flexibility index (Phi) is 6.24. The van der Waals surface area contributed by atoms with Gasteiger partial charge in [-0.1, -0.05) is 12.1 Å². The van der Waals surface area contributed by atoms with E-state index in [4.69, 9.17) is 0 Å². The zero-order chi connectivity index (χ0) is 23.7. The number of aromatic nitrogens is 2. The van der Waals surface area contributed by atoms with Crippen LogP contribution in [0.25, 0.3) is 16.9 Å². The summed E-state index contributed by atoms with van der Waals surface area (Å²) >= 11 is 0. The van der Waals surface area contributed by atoms with Gasteiger partial charge < -0.3 is 4.74 Å². The van der Waals surface area contributed by atoms with E-state index in [1.54, 1.807) is 0 Å². The maximum atomic E-state index is 12.9. The quantitative estimate of drug-likeness (QED) is 0.370. The van der Waals surface area contributed by atoms with E-state index in [0.717, 1.165) is 47.3 Å². The van der Waals surface area contributed by atoms with Crippen molar-refractivity contribution in [3.63, 3.8) is 0 Å². The van der Waals surface area contributed by atoms with Crippen molar-refractivity contribution in [2.75, 3.05) is 6.26 Å². The molecule has 6 nitrogen and oxygen atoms in total. The van der Waals surface area contributed by atoms with Crippen LogP contribution in [0.3, 0.4) is 0 Å². The molecule has 13 heteroatoms. The van der Waals surface area contributed by atoms with Crippen molar-refractivity contribution in [3.05, 3.63) is 65.9 Å². The highest BCUT2D eigenvalue weighted by Gasteiger charge is 2.31. The second-order valence-corrected chi connectivity index (χ2v) is 8.16. The van der Waals surface area contributed by atoms with Gasteiger partial charge in [-0.15, -0.1) is 13.2 Å². The third kappa shape index (κ3) is 6.23. The summed E-state index contributed by atoms with van der Waals surface area (Å²) in [6, 6.07) is 10.1. The monoisotopic (exact) mass is 480 g/mol. The van der Waals surface area contributed by atoms with E-state index in [1.165, 1.54) is 18.2 Å². The number of halogens is 6. The molecule has 0 aliphatic rings. The zero-order valence-corrected chi connectivity index (χ0v) is 16.9. The summed E-state index contributed by atoms with van der Waals surface area (Å²) in [6.45, 7) is -0.488. The highest BCUT2D eigenvalue weighted by molar-refractivity contribution is 7.85. The van der Waals surface area contributed by atoms with Gasteiger partial charge in [0.1, 0.15) is 12.4 Å². The average Bonchev–Trinajstić information content (AvgIpc) is 3.09. The predicted molar refractivity (Wildman–Crippen MR) is 100 cm³/mol. The van der Waals surface area contributed by atoms with Gasteiger partial charge in [-0.25, -0.2) is 4.68 Å². The van der Waals surface area contributed by atoms with Crippen LogP contribution in [0, 0.1) is 0 Å². The maximum absolute atomic E-state index is 12.9. The van der Waals surface area contributed by atoms with Gasteiger partial charge in [-0.05, 0) is 42.5 Å². The van der Waals surface area contributed by atoms with Gasteiger partial charge in [0.05, 0.1) is 28.9 Å². The highest BCUT2D eigenvalue weighted by Crippen LogP contribution is 2.32. The summed E-state index contributed by atoms with van der Waals surface area (Å²) < 4.78 is 109. The molecule has 0 bridgehead atoms. The molecule has 3 aromatic rings. The number of ether oxygens (including phenoxy) is 1. The summed E-state index contributed by atoms with van der Waals surface area (Å²) in [6.07, 6.45) is -8.68. The van der Waals surface area contributed by atoms with Crippen molar-refractivity contribution in [1.29, 1.82) is 0 Å². The molecule has 32 heavy (non-hydrogen) atoms. The van der Waals surface area contributed by atoms with Gasteiger partial charge in [0.2, 0.25) is 0 Å². The van der Waals surface area contributed by atoms with Gasteiger partial charge in [-0.2, -0.15) is 26.7 Å². The summed E-state index contributed by atoms with van der Waals surface area (Å²) in [4.78, 5) is 0. The summed E-state index contributed by atoms with van der Waals surface area (Å²) in [5, 5.41) is 4.14. The lowest BCUT2D eigenvalue weighted by atomic mass is 10.1. The van der Waals surface area contributed by atoms with Crippen molar-refractivity contribution in [3.8, 4) is 22.7 Å². The Balaban J connectivity index is 2.06. The molecule has 0 saturated heterocycles. The molecule has 0 spiro atoms. The number of alkyl halides is 6. The van der Waals surface area contributed by atoms with Crippen LogP contribution in [-0.2, 0) is 27.1 Å². The molecule has 0 saturated carbocycles. The van der Waals surface area contributed by atoms with Crippen molar-refractivity contribution < 1.29 is 43.7 Å². The topological polar surface area (TPSA) is 70.4 Å². The second-order valence-electron chi connectivity index (χ2n) is 6.52. The minimum Gasteiger partial charge on any atom is -0.406 e. The largest absolute Gasteiger partial charge is 0.573 e. The molecule has 0 radical (unpaired) electrons. The molecule has 0 N–H and O–H groups in total. The standard InChI is InChI=1S/C19H14F6N2O4S/c1-32(28,29)30-11-14-10-17(12-3-2-4-16(9-12)31-19(23,24)25)27(26-14)15-7-5-13(6-8-15)18(20,21)22/h2-10H,11H2,1H3. The number of nitrogens with zero attached hydrogens (tertiary/aromatic N) is 2. The lowest BCUT2D eigenvalue weighted by Crippen LogP contribution is -2.17. The summed E-state index contributed by atoms with van der Waals surface area (Å²) in [5.41, 5.74) is -0.321. The highest BCUT2D eigenvalue weighted by atomic mass is 32.2. The smallest absolute Gasteiger partial charge is 0.406 e. The molecule has 2 aromatic carbocycles. The van der Waals surface area contributed by atoms with Crippen LogP contribution in [0.2, 0.25) is 0 Å². The van der Waals surface area contributed by atoms with Crippen LogP contribution in [0.1, 0.15) is 11.3 Å². The predicted octanol–water partition coefficient (Wildman–Crippen LogP) is 4.93. The third-order valence-electron chi connectivity index (χ3n) is 3.98. The van der Waals surface area contributed by atoms with Gasteiger partial charge in [0, 0.05) is 5.56 Å².